The van der Waals surface area contributed by atoms with E-state index in [0.717, 1.165) is 64.2 Å². The van der Waals surface area contributed by atoms with E-state index in [2.05, 4.69) is 36.8 Å². The van der Waals surface area contributed by atoms with Gasteiger partial charge in [0, 0.05) is 64.2 Å². The monoisotopic (exact) mass is 537 g/mol. The Morgan fingerprint density at radius 3 is 2.59 bits per heavy atom. The second-order valence-electron chi connectivity index (χ2n) is 11.1. The lowest BCUT2D eigenvalue weighted by Crippen LogP contribution is -2.39. The van der Waals surface area contributed by atoms with Crippen LogP contribution in [0.5, 0.6) is 0 Å². The lowest BCUT2D eigenvalue weighted by Gasteiger charge is -2.34. The molecule has 3 aliphatic rings. The molecular weight excluding hydrogens is 502 g/mol. The van der Waals surface area contributed by atoms with Gasteiger partial charge in [0.05, 0.1) is 17.8 Å². The number of carbonyl (C=O) groups excluding carboxylic acids is 1. The average molecular weight is 538 g/mol. The molecule has 2 atom stereocenters. The number of piperidine rings is 1. The Morgan fingerprint density at radius 2 is 1.87 bits per heavy atom. The molecule has 1 amide bonds. The first-order valence-corrected chi connectivity index (χ1v) is 13.8. The number of fused-ring (bicyclic) bond motifs is 1. The van der Waals surface area contributed by atoms with Crippen molar-refractivity contribution in [1.29, 1.82) is 0 Å². The van der Waals surface area contributed by atoms with Gasteiger partial charge in [-0.25, -0.2) is 25.1 Å². The third-order valence-electron chi connectivity index (χ3n) is 8.47. The number of aromatic amines is 1. The highest BCUT2D eigenvalue weighted by molar-refractivity contribution is 5.92. The predicted octanol–water partition coefficient (Wildman–Crippen LogP) is 1.33. The van der Waals surface area contributed by atoms with E-state index >= 15 is 0 Å². The molecule has 6 heterocycles. The summed E-state index contributed by atoms with van der Waals surface area (Å²) in [5, 5.41) is 13.8. The van der Waals surface area contributed by atoms with Crippen LogP contribution < -0.4 is 15.9 Å². The van der Waals surface area contributed by atoms with Crippen LogP contribution in [-0.4, -0.2) is 91.7 Å². The van der Waals surface area contributed by atoms with Gasteiger partial charge in [-0.1, -0.05) is 6.92 Å². The van der Waals surface area contributed by atoms with Crippen LogP contribution in [0.25, 0.3) is 11.0 Å². The smallest absolute Gasteiger partial charge is 0.277 e. The third-order valence-corrected chi connectivity index (χ3v) is 8.47. The first kappa shape index (κ1) is 25.8. The Labute approximate surface area is 225 Å². The normalized spacial score (nSPS) is 23.5. The zero-order valence-corrected chi connectivity index (χ0v) is 22.1. The Bertz CT molecular complexity index is 1360. The molecule has 3 aromatic heterocycles. The summed E-state index contributed by atoms with van der Waals surface area (Å²) < 4.78 is 7.44. The summed E-state index contributed by atoms with van der Waals surface area (Å²) in [4.78, 5) is 45.7. The number of hydroxylamine groups is 1. The maximum Gasteiger partial charge on any atom is 0.277 e. The van der Waals surface area contributed by atoms with Gasteiger partial charge in [0.25, 0.3) is 11.5 Å². The zero-order valence-electron chi connectivity index (χ0n) is 22.1. The second kappa shape index (κ2) is 11.0. The fourth-order valence-electron chi connectivity index (χ4n) is 6.24. The number of carbonyl (C=O) groups is 1. The summed E-state index contributed by atoms with van der Waals surface area (Å²) in [7, 11) is 0. The van der Waals surface area contributed by atoms with Crippen LogP contribution in [0.2, 0.25) is 0 Å². The molecule has 3 aliphatic heterocycles. The van der Waals surface area contributed by atoms with Crippen molar-refractivity contribution >= 4 is 22.9 Å². The fraction of sp³-hybridized carbons (Fsp3) is 0.615. The summed E-state index contributed by atoms with van der Waals surface area (Å²) in [5.41, 5.74) is 2.39. The van der Waals surface area contributed by atoms with Crippen molar-refractivity contribution in [1.82, 2.24) is 40.1 Å². The van der Waals surface area contributed by atoms with Crippen molar-refractivity contribution in [3.8, 4) is 0 Å². The maximum atomic E-state index is 12.9. The SMILES string of the molecule is C[C@@H]1CN(CC2CCN(c3ncc(C(=O)NO)cn3)CC2)CC1c1nc2c(cnn2C2CCOCC2)c(=O)[nH]1. The van der Waals surface area contributed by atoms with Gasteiger partial charge in [-0.15, -0.1) is 0 Å². The van der Waals surface area contributed by atoms with Gasteiger partial charge in [-0.05, 0) is 37.5 Å². The number of nitrogens with one attached hydrogen (secondary N) is 2. The van der Waals surface area contributed by atoms with E-state index in [4.69, 9.17) is 14.9 Å². The van der Waals surface area contributed by atoms with Gasteiger partial charge in [-0.2, -0.15) is 5.10 Å². The van der Waals surface area contributed by atoms with Gasteiger partial charge in [-0.3, -0.25) is 14.8 Å². The van der Waals surface area contributed by atoms with Crippen molar-refractivity contribution < 1.29 is 14.7 Å². The number of amides is 1. The molecule has 0 bridgehead atoms. The van der Waals surface area contributed by atoms with E-state index in [9.17, 15) is 9.59 Å². The number of rotatable bonds is 6. The first-order chi connectivity index (χ1) is 19.0. The van der Waals surface area contributed by atoms with Crippen LogP contribution >= 0.6 is 0 Å². The summed E-state index contributed by atoms with van der Waals surface area (Å²) in [6, 6.07) is 0.213. The van der Waals surface area contributed by atoms with Gasteiger partial charge >= 0.3 is 0 Å². The molecule has 13 heteroatoms. The van der Waals surface area contributed by atoms with Crippen LogP contribution in [-0.2, 0) is 4.74 Å². The lowest BCUT2D eigenvalue weighted by atomic mass is 9.96. The molecule has 6 rings (SSSR count). The molecule has 13 nitrogen and oxygen atoms in total. The van der Waals surface area contributed by atoms with Crippen molar-refractivity contribution in [3.63, 3.8) is 0 Å². The molecule has 0 aromatic carbocycles. The highest BCUT2D eigenvalue weighted by Gasteiger charge is 2.35. The van der Waals surface area contributed by atoms with Crippen LogP contribution in [0.15, 0.2) is 23.4 Å². The summed E-state index contributed by atoms with van der Waals surface area (Å²) >= 11 is 0. The molecule has 0 saturated carbocycles. The topological polar surface area (TPSA) is 154 Å². The average Bonchev–Trinajstić information content (AvgIpc) is 3.57. The fourth-order valence-corrected chi connectivity index (χ4v) is 6.24. The third kappa shape index (κ3) is 5.25. The molecule has 0 radical (unpaired) electrons. The van der Waals surface area contributed by atoms with Crippen molar-refractivity contribution in [2.24, 2.45) is 11.8 Å². The van der Waals surface area contributed by atoms with Crippen LogP contribution in [0.3, 0.4) is 0 Å². The van der Waals surface area contributed by atoms with Crippen molar-refractivity contribution in [2.45, 2.75) is 44.6 Å². The Balaban J connectivity index is 1.08. The maximum absolute atomic E-state index is 12.9. The van der Waals surface area contributed by atoms with Gasteiger partial charge in [0.15, 0.2) is 5.65 Å². The molecule has 0 spiro atoms. The molecule has 3 fully saturated rings. The summed E-state index contributed by atoms with van der Waals surface area (Å²) in [6.07, 6.45) is 8.32. The minimum atomic E-state index is -0.623. The van der Waals surface area contributed by atoms with E-state index in [1.165, 1.54) is 12.4 Å². The number of hydrogen-bond donors (Lipinski definition) is 3. The Kier molecular flexibility index (Phi) is 7.28. The quantitative estimate of drug-likeness (QED) is 0.310. The van der Waals surface area contributed by atoms with E-state index in [0.29, 0.717) is 42.0 Å². The van der Waals surface area contributed by atoms with E-state index in [1.54, 1.807) is 11.7 Å². The number of hydrogen-bond acceptors (Lipinski definition) is 10. The Morgan fingerprint density at radius 1 is 1.13 bits per heavy atom. The molecule has 3 saturated heterocycles. The van der Waals surface area contributed by atoms with Crippen LogP contribution in [0.4, 0.5) is 5.95 Å². The second-order valence-corrected chi connectivity index (χ2v) is 11.1. The minimum absolute atomic E-state index is 0.112. The van der Waals surface area contributed by atoms with Crippen molar-refractivity contribution in [3.05, 3.63) is 40.3 Å². The number of nitrogens with zero attached hydrogens (tertiary/aromatic N) is 7. The molecule has 0 aliphatic carbocycles. The number of anilines is 1. The number of aromatic nitrogens is 6. The summed E-state index contributed by atoms with van der Waals surface area (Å²) in [6.45, 7) is 8.22. The lowest BCUT2D eigenvalue weighted by molar-refractivity contribution is 0.0673. The minimum Gasteiger partial charge on any atom is -0.381 e. The highest BCUT2D eigenvalue weighted by Crippen LogP contribution is 2.33. The van der Waals surface area contributed by atoms with Gasteiger partial charge < -0.3 is 19.5 Å². The zero-order chi connectivity index (χ0) is 26.9. The molecule has 3 N–H and O–H groups in total. The highest BCUT2D eigenvalue weighted by atomic mass is 16.5. The van der Waals surface area contributed by atoms with E-state index in [1.807, 2.05) is 4.68 Å². The van der Waals surface area contributed by atoms with Gasteiger partial charge in [0.2, 0.25) is 5.95 Å². The van der Waals surface area contributed by atoms with E-state index in [-0.39, 0.29) is 23.1 Å². The number of likely N-dealkylation sites (tertiary alicyclic amines) is 1. The van der Waals surface area contributed by atoms with Crippen molar-refractivity contribution in [2.75, 3.05) is 50.8 Å². The standard InChI is InChI=1S/C26H35N9O4/c1-16-13-33(14-17-2-6-34(7-3-17)26-27-10-18(11-28-26)24(36)32-38)15-21(16)22-30-23-20(25(37)31-22)12-29-35(23)19-4-8-39-9-5-19/h10-12,16-17,19,21,38H,2-9,13-15H2,1H3,(H,32,36)(H,30,31,37)/t16-,21?/m1/s1. The van der Waals surface area contributed by atoms with Crippen LogP contribution in [0, 0.1) is 11.8 Å². The van der Waals surface area contributed by atoms with Gasteiger partial charge in [0.1, 0.15) is 11.2 Å². The number of ether oxygens (including phenoxy) is 1. The molecule has 39 heavy (non-hydrogen) atoms. The molecular formula is C26H35N9O4. The Hall–Kier alpha value is -3.42. The predicted molar refractivity (Wildman–Crippen MR) is 142 cm³/mol. The first-order valence-electron chi connectivity index (χ1n) is 13.8. The number of H-pyrrole nitrogens is 1. The van der Waals surface area contributed by atoms with E-state index < -0.39 is 5.91 Å². The summed E-state index contributed by atoms with van der Waals surface area (Å²) in [5.74, 6) is 1.86. The molecule has 208 valence electrons. The molecule has 3 aromatic rings. The molecule has 1 unspecified atom stereocenters. The van der Waals surface area contributed by atoms with Crippen LogP contribution in [0.1, 0.15) is 60.7 Å². The largest absolute Gasteiger partial charge is 0.381 e.